The molecule has 0 saturated carbocycles. The van der Waals surface area contributed by atoms with Crippen LogP contribution >= 0.6 is 0 Å². The average molecular weight is 326 g/mol. The third kappa shape index (κ3) is 7.18. The summed E-state index contributed by atoms with van der Waals surface area (Å²) in [6.45, 7) is 12.6. The molecule has 0 atom stereocenters. The van der Waals surface area contributed by atoms with Crippen molar-refractivity contribution in [2.45, 2.75) is 43.1 Å². The molecule has 0 amide bonds. The molecule has 0 N–H and O–H groups in total. The van der Waals surface area contributed by atoms with Crippen LogP contribution < -0.4 is 0 Å². The number of unbranched alkanes of at least 4 members (excludes halogenated alkanes) is 1. The first-order valence-electron chi connectivity index (χ1n) is 8.28. The fourth-order valence-electron chi connectivity index (χ4n) is 3.17. The van der Waals surface area contributed by atoms with Crippen molar-refractivity contribution in [1.82, 2.24) is 13.4 Å². The van der Waals surface area contributed by atoms with Gasteiger partial charge in [-0.2, -0.15) is 0 Å². The molecule has 3 nitrogen and oxygen atoms in total. The number of rotatable bonds is 8. The molecule has 0 bridgehead atoms. The van der Waals surface area contributed by atoms with Crippen molar-refractivity contribution in [3.63, 3.8) is 0 Å². The minimum absolute atomic E-state index is 1.15. The molecule has 1 fully saturated rings. The van der Waals surface area contributed by atoms with Gasteiger partial charge in [-0.3, -0.25) is 0 Å². The van der Waals surface area contributed by atoms with Gasteiger partial charge in [-0.05, 0) is 0 Å². The van der Waals surface area contributed by atoms with E-state index in [-0.39, 0.29) is 0 Å². The molecule has 0 unspecified atom stereocenters. The van der Waals surface area contributed by atoms with E-state index in [0.29, 0.717) is 0 Å². The number of likely N-dealkylation sites (N-methyl/N-ethyl adjacent to an activating group) is 1. The minimum atomic E-state index is -1.15. The molecule has 1 aliphatic rings. The molecule has 1 rings (SSSR count). The maximum atomic E-state index is 2.90. The molecule has 0 aliphatic carbocycles. The van der Waals surface area contributed by atoms with Gasteiger partial charge in [0, 0.05) is 0 Å². The second-order valence-corrected chi connectivity index (χ2v) is 12.9. The Bertz CT molecular complexity index is 223. The van der Waals surface area contributed by atoms with Crippen LogP contribution in [0.25, 0.3) is 0 Å². The fraction of sp³-hybridized carbons (Fsp3) is 1.00. The van der Waals surface area contributed by atoms with Gasteiger partial charge in [0.15, 0.2) is 0 Å². The SMILES string of the molecule is CCCN1CC[N](CC)[Ga]([CH2]CCCN(C)C)[CH2]C1. The van der Waals surface area contributed by atoms with E-state index in [0.717, 1.165) is 0 Å². The Hall–Kier alpha value is 0.516. The molecule has 0 aromatic carbocycles. The number of hydrogen-bond donors (Lipinski definition) is 0. The molecule has 4 heteroatoms. The van der Waals surface area contributed by atoms with Gasteiger partial charge in [-0.25, -0.2) is 0 Å². The molecule has 0 radical (unpaired) electrons. The van der Waals surface area contributed by atoms with Crippen LogP contribution in [0.4, 0.5) is 0 Å². The molecule has 0 spiro atoms. The number of hydrogen-bond acceptors (Lipinski definition) is 3. The van der Waals surface area contributed by atoms with E-state index >= 15 is 0 Å². The van der Waals surface area contributed by atoms with Crippen LogP contribution in [0.15, 0.2) is 0 Å². The van der Waals surface area contributed by atoms with Gasteiger partial charge in [0.25, 0.3) is 0 Å². The van der Waals surface area contributed by atoms with Crippen molar-refractivity contribution in [1.29, 1.82) is 0 Å². The van der Waals surface area contributed by atoms with Crippen LogP contribution in [-0.4, -0.2) is 83.2 Å². The Balaban J connectivity index is 2.32. The molecule has 1 aliphatic heterocycles. The summed E-state index contributed by atoms with van der Waals surface area (Å²) in [7, 11) is 4.38. The molecule has 19 heavy (non-hydrogen) atoms. The average Bonchev–Trinajstić information content (AvgIpc) is 2.57. The van der Waals surface area contributed by atoms with Crippen molar-refractivity contribution in [3.8, 4) is 0 Å². The van der Waals surface area contributed by atoms with Gasteiger partial charge < -0.3 is 0 Å². The monoisotopic (exact) mass is 325 g/mol. The summed E-state index contributed by atoms with van der Waals surface area (Å²) in [6, 6.07) is 0. The van der Waals surface area contributed by atoms with Crippen LogP contribution in [0.5, 0.6) is 0 Å². The van der Waals surface area contributed by atoms with E-state index in [4.69, 9.17) is 0 Å². The fourth-order valence-corrected chi connectivity index (χ4v) is 10.4. The zero-order chi connectivity index (χ0) is 14.1. The van der Waals surface area contributed by atoms with Crippen molar-refractivity contribution in [3.05, 3.63) is 0 Å². The molecule has 0 aromatic rings. The summed E-state index contributed by atoms with van der Waals surface area (Å²) in [6.07, 6.45) is 4.17. The quantitative estimate of drug-likeness (QED) is 0.501. The van der Waals surface area contributed by atoms with Crippen LogP contribution in [0.2, 0.25) is 9.95 Å². The van der Waals surface area contributed by atoms with Crippen molar-refractivity contribution in [2.75, 3.05) is 53.4 Å². The summed E-state index contributed by atoms with van der Waals surface area (Å²) >= 11 is -1.15. The van der Waals surface area contributed by atoms with Gasteiger partial charge in [0.2, 0.25) is 0 Å². The Labute approximate surface area is 126 Å². The predicted octanol–water partition coefficient (Wildman–Crippen LogP) is 2.37. The van der Waals surface area contributed by atoms with E-state index < -0.39 is 16.5 Å². The zero-order valence-corrected chi connectivity index (χ0v) is 16.1. The second kappa shape index (κ2) is 10.3. The zero-order valence-electron chi connectivity index (χ0n) is 13.7. The number of nitrogens with zero attached hydrogens (tertiary/aromatic N) is 3. The van der Waals surface area contributed by atoms with Gasteiger partial charge >= 0.3 is 126 Å². The summed E-state index contributed by atoms with van der Waals surface area (Å²) < 4.78 is 2.90. The Morgan fingerprint density at radius 2 is 1.84 bits per heavy atom. The van der Waals surface area contributed by atoms with Crippen LogP contribution in [0, 0.1) is 0 Å². The summed E-state index contributed by atoms with van der Waals surface area (Å²) in [5.41, 5.74) is 0. The van der Waals surface area contributed by atoms with Crippen molar-refractivity contribution >= 4 is 16.5 Å². The maximum absolute atomic E-state index is 2.90. The summed E-state index contributed by atoms with van der Waals surface area (Å²) in [5, 5.41) is 0. The molecular formula is C15H34GaN3. The van der Waals surface area contributed by atoms with Gasteiger partial charge in [-0.15, -0.1) is 0 Å². The van der Waals surface area contributed by atoms with E-state index in [9.17, 15) is 0 Å². The standard InChI is InChI=1S/C9H20N2.C6H14N.Ga/c1-4-8-11(6-3)9-7-10-5-2;1-4-5-6-7(2)3;/h3-9H2,1-2H3;1,4-6H2,2-3H3;/q-1;;+1. The van der Waals surface area contributed by atoms with E-state index in [1.165, 1.54) is 58.5 Å². The Morgan fingerprint density at radius 1 is 1.05 bits per heavy atom. The molecular weight excluding hydrogens is 292 g/mol. The van der Waals surface area contributed by atoms with Crippen LogP contribution in [0.3, 0.4) is 0 Å². The van der Waals surface area contributed by atoms with Crippen molar-refractivity contribution in [2.24, 2.45) is 0 Å². The van der Waals surface area contributed by atoms with E-state index in [1.807, 2.05) is 0 Å². The third-order valence-electron chi connectivity index (χ3n) is 4.34. The summed E-state index contributed by atoms with van der Waals surface area (Å²) in [4.78, 5) is 8.16. The Morgan fingerprint density at radius 3 is 2.47 bits per heavy atom. The van der Waals surface area contributed by atoms with E-state index in [2.05, 4.69) is 41.3 Å². The first-order chi connectivity index (χ1) is 9.17. The molecule has 0 aromatic heterocycles. The Kier molecular flexibility index (Phi) is 9.50. The second-order valence-electron chi connectivity index (χ2n) is 6.21. The summed E-state index contributed by atoms with van der Waals surface area (Å²) in [5.74, 6) is 0. The first kappa shape index (κ1) is 17.6. The van der Waals surface area contributed by atoms with Crippen molar-refractivity contribution < 1.29 is 0 Å². The third-order valence-corrected chi connectivity index (χ3v) is 12.0. The van der Waals surface area contributed by atoms with Gasteiger partial charge in [-0.1, -0.05) is 0 Å². The molecule has 112 valence electrons. The molecule has 1 heterocycles. The van der Waals surface area contributed by atoms with E-state index in [1.54, 1.807) is 9.95 Å². The first-order valence-corrected chi connectivity index (χ1v) is 12.8. The van der Waals surface area contributed by atoms with Crippen LogP contribution in [0.1, 0.15) is 33.1 Å². The predicted molar refractivity (Wildman–Crippen MR) is 87.1 cm³/mol. The topological polar surface area (TPSA) is 9.72 Å². The van der Waals surface area contributed by atoms with Crippen LogP contribution in [-0.2, 0) is 0 Å². The van der Waals surface area contributed by atoms with Gasteiger partial charge in [0.1, 0.15) is 0 Å². The van der Waals surface area contributed by atoms with Gasteiger partial charge in [0.05, 0.1) is 0 Å². The normalized spacial score (nSPS) is 19.1. The molecule has 1 saturated heterocycles.